The van der Waals surface area contributed by atoms with E-state index in [1.807, 2.05) is 6.07 Å². The van der Waals surface area contributed by atoms with Crippen molar-refractivity contribution in [1.82, 2.24) is 5.32 Å². The predicted octanol–water partition coefficient (Wildman–Crippen LogP) is 3.34. The molecular weight excluding hydrogens is 267 g/mol. The van der Waals surface area contributed by atoms with Crippen molar-refractivity contribution >= 4 is 5.69 Å². The molecule has 4 heteroatoms. The molecule has 1 heterocycles. The van der Waals surface area contributed by atoms with Crippen LogP contribution in [0.1, 0.15) is 39.0 Å². The zero-order valence-electron chi connectivity index (χ0n) is 13.0. The molecule has 1 N–H and O–H groups in total. The van der Waals surface area contributed by atoms with Crippen LogP contribution in [0.2, 0.25) is 0 Å². The van der Waals surface area contributed by atoms with Gasteiger partial charge in [-0.25, -0.2) is 4.39 Å². The highest BCUT2D eigenvalue weighted by atomic mass is 19.1. The average Bonchev–Trinajstić information content (AvgIpc) is 2.52. The van der Waals surface area contributed by atoms with Crippen molar-refractivity contribution in [3.63, 3.8) is 0 Å². The van der Waals surface area contributed by atoms with Gasteiger partial charge in [-0.2, -0.15) is 0 Å². The molecule has 2 aliphatic rings. The molecule has 1 aromatic rings. The fourth-order valence-electron chi connectivity index (χ4n) is 3.74. The lowest BCUT2D eigenvalue weighted by Crippen LogP contribution is -2.64. The quantitative estimate of drug-likeness (QED) is 0.905. The van der Waals surface area contributed by atoms with Gasteiger partial charge in [-0.05, 0) is 31.9 Å². The number of hydrogen-bond acceptors (Lipinski definition) is 3. The highest BCUT2D eigenvalue weighted by Gasteiger charge is 2.39. The van der Waals surface area contributed by atoms with E-state index in [9.17, 15) is 4.39 Å². The first kappa shape index (κ1) is 14.6. The standard InChI is InChI=1S/C17H25FN2O/c1-13-11-19-17(8-4-3-5-9-17)12-20(13)16-10-14(21-2)6-7-15(16)18/h6-7,10,13,19H,3-5,8-9,11-12H2,1-2H3. The minimum atomic E-state index is -0.157. The van der Waals surface area contributed by atoms with Gasteiger partial charge in [0.15, 0.2) is 0 Å². The summed E-state index contributed by atoms with van der Waals surface area (Å²) in [7, 11) is 1.63. The average molecular weight is 292 g/mol. The zero-order valence-corrected chi connectivity index (χ0v) is 13.0. The Labute approximate surface area is 126 Å². The monoisotopic (exact) mass is 292 g/mol. The fourth-order valence-corrected chi connectivity index (χ4v) is 3.74. The highest BCUT2D eigenvalue weighted by molar-refractivity contribution is 5.54. The van der Waals surface area contributed by atoms with Crippen LogP contribution in [0.3, 0.4) is 0 Å². The van der Waals surface area contributed by atoms with Crippen molar-refractivity contribution in [2.75, 3.05) is 25.1 Å². The number of methoxy groups -OCH3 is 1. The summed E-state index contributed by atoms with van der Waals surface area (Å²) in [6, 6.07) is 5.31. The van der Waals surface area contributed by atoms with Gasteiger partial charge in [-0.15, -0.1) is 0 Å². The third-order valence-corrected chi connectivity index (χ3v) is 5.05. The number of hydrogen-bond donors (Lipinski definition) is 1. The summed E-state index contributed by atoms with van der Waals surface area (Å²) in [6.45, 7) is 3.95. The number of nitrogens with one attached hydrogen (secondary N) is 1. The number of benzene rings is 1. The number of anilines is 1. The Kier molecular flexibility index (Phi) is 4.07. The molecule has 0 bridgehead atoms. The zero-order chi connectivity index (χ0) is 14.9. The summed E-state index contributed by atoms with van der Waals surface area (Å²) in [4.78, 5) is 2.22. The Bertz CT molecular complexity index is 500. The van der Waals surface area contributed by atoms with Gasteiger partial charge < -0.3 is 15.0 Å². The molecule has 21 heavy (non-hydrogen) atoms. The van der Waals surface area contributed by atoms with Crippen LogP contribution >= 0.6 is 0 Å². The molecule has 0 aromatic heterocycles. The molecule has 1 saturated heterocycles. The Balaban J connectivity index is 1.88. The SMILES string of the molecule is COc1ccc(F)c(N2CC3(CCCCC3)NCC2C)c1. The van der Waals surface area contributed by atoms with Crippen molar-refractivity contribution in [3.8, 4) is 5.75 Å². The lowest BCUT2D eigenvalue weighted by Gasteiger charge is -2.50. The molecular formula is C17H25FN2O. The van der Waals surface area contributed by atoms with Crippen LogP contribution in [-0.2, 0) is 0 Å². The van der Waals surface area contributed by atoms with Gasteiger partial charge in [0.1, 0.15) is 11.6 Å². The van der Waals surface area contributed by atoms with E-state index in [-0.39, 0.29) is 11.4 Å². The number of ether oxygens (including phenoxy) is 1. The summed E-state index contributed by atoms with van der Waals surface area (Å²) < 4.78 is 19.6. The maximum atomic E-state index is 14.3. The van der Waals surface area contributed by atoms with Gasteiger partial charge in [-0.1, -0.05) is 19.3 Å². The Morgan fingerprint density at radius 1 is 1.29 bits per heavy atom. The normalized spacial score (nSPS) is 25.1. The van der Waals surface area contributed by atoms with E-state index >= 15 is 0 Å². The van der Waals surface area contributed by atoms with Gasteiger partial charge in [0.25, 0.3) is 0 Å². The maximum absolute atomic E-state index is 14.3. The van der Waals surface area contributed by atoms with Gasteiger partial charge in [0.05, 0.1) is 12.8 Å². The highest BCUT2D eigenvalue weighted by Crippen LogP contribution is 2.35. The molecule has 1 saturated carbocycles. The molecule has 1 spiro atoms. The third kappa shape index (κ3) is 2.86. The first-order valence-corrected chi connectivity index (χ1v) is 7.99. The van der Waals surface area contributed by atoms with E-state index in [0.29, 0.717) is 11.7 Å². The number of nitrogens with zero attached hydrogens (tertiary/aromatic N) is 1. The molecule has 116 valence electrons. The molecule has 1 atom stereocenters. The topological polar surface area (TPSA) is 24.5 Å². The maximum Gasteiger partial charge on any atom is 0.146 e. The van der Waals surface area contributed by atoms with Gasteiger partial charge in [-0.3, -0.25) is 0 Å². The summed E-state index contributed by atoms with van der Waals surface area (Å²) in [5.74, 6) is 0.560. The van der Waals surface area contributed by atoms with Crippen molar-refractivity contribution in [2.24, 2.45) is 0 Å². The molecule has 1 aliphatic carbocycles. The van der Waals surface area contributed by atoms with Crippen LogP contribution in [0.4, 0.5) is 10.1 Å². The molecule has 3 nitrogen and oxygen atoms in total. The smallest absolute Gasteiger partial charge is 0.146 e. The Morgan fingerprint density at radius 3 is 2.76 bits per heavy atom. The lowest BCUT2D eigenvalue weighted by molar-refractivity contribution is 0.200. The number of rotatable bonds is 2. The van der Waals surface area contributed by atoms with Crippen LogP contribution in [0, 0.1) is 5.82 Å². The van der Waals surface area contributed by atoms with E-state index in [0.717, 1.165) is 18.8 Å². The lowest BCUT2D eigenvalue weighted by atomic mass is 9.79. The molecule has 1 aliphatic heterocycles. The van der Waals surface area contributed by atoms with Crippen LogP contribution in [-0.4, -0.2) is 31.8 Å². The van der Waals surface area contributed by atoms with Gasteiger partial charge >= 0.3 is 0 Å². The molecule has 1 aromatic carbocycles. The number of piperazine rings is 1. The molecule has 1 unspecified atom stereocenters. The second-order valence-corrected chi connectivity index (χ2v) is 6.52. The van der Waals surface area contributed by atoms with Crippen molar-refractivity contribution in [3.05, 3.63) is 24.0 Å². The molecule has 0 amide bonds. The summed E-state index contributed by atoms with van der Waals surface area (Å²) in [5.41, 5.74) is 0.841. The van der Waals surface area contributed by atoms with Crippen LogP contribution in [0.25, 0.3) is 0 Å². The first-order valence-electron chi connectivity index (χ1n) is 7.99. The summed E-state index contributed by atoms with van der Waals surface area (Å²) in [5, 5.41) is 3.74. The second-order valence-electron chi connectivity index (χ2n) is 6.52. The summed E-state index contributed by atoms with van der Waals surface area (Å²) >= 11 is 0. The van der Waals surface area contributed by atoms with Crippen LogP contribution in [0.15, 0.2) is 18.2 Å². The van der Waals surface area contributed by atoms with Gasteiger partial charge in [0, 0.05) is 30.7 Å². The van der Waals surface area contributed by atoms with Crippen molar-refractivity contribution < 1.29 is 9.13 Å². The Hall–Kier alpha value is -1.29. The van der Waals surface area contributed by atoms with E-state index in [1.165, 1.54) is 38.2 Å². The number of halogens is 1. The van der Waals surface area contributed by atoms with E-state index in [4.69, 9.17) is 4.74 Å². The van der Waals surface area contributed by atoms with Crippen molar-refractivity contribution in [1.29, 1.82) is 0 Å². The van der Waals surface area contributed by atoms with Gasteiger partial charge in [0.2, 0.25) is 0 Å². The van der Waals surface area contributed by atoms with E-state index < -0.39 is 0 Å². The van der Waals surface area contributed by atoms with E-state index in [2.05, 4.69) is 17.1 Å². The molecule has 3 rings (SSSR count). The predicted molar refractivity (Wildman–Crippen MR) is 83.6 cm³/mol. The van der Waals surface area contributed by atoms with Crippen LogP contribution in [0.5, 0.6) is 5.75 Å². The van der Waals surface area contributed by atoms with Crippen LogP contribution < -0.4 is 15.0 Å². The Morgan fingerprint density at radius 2 is 2.05 bits per heavy atom. The largest absolute Gasteiger partial charge is 0.497 e. The molecule has 0 radical (unpaired) electrons. The minimum absolute atomic E-state index is 0.157. The van der Waals surface area contributed by atoms with E-state index in [1.54, 1.807) is 13.2 Å². The fraction of sp³-hybridized carbons (Fsp3) is 0.647. The second kappa shape index (κ2) is 5.84. The summed E-state index contributed by atoms with van der Waals surface area (Å²) in [6.07, 6.45) is 6.27. The first-order chi connectivity index (χ1) is 10.1. The van der Waals surface area contributed by atoms with Crippen molar-refractivity contribution in [2.45, 2.75) is 50.6 Å². The molecule has 2 fully saturated rings. The third-order valence-electron chi connectivity index (χ3n) is 5.05. The minimum Gasteiger partial charge on any atom is -0.497 e.